The molecule has 1 heterocycles. The maximum atomic E-state index is 13.8. The van der Waals surface area contributed by atoms with Gasteiger partial charge in [-0.25, -0.2) is 9.37 Å². The number of anilines is 1. The predicted octanol–water partition coefficient (Wildman–Crippen LogP) is 5.90. The fourth-order valence-corrected chi connectivity index (χ4v) is 5.10. The van der Waals surface area contributed by atoms with Gasteiger partial charge in [0, 0.05) is 29.1 Å². The Morgan fingerprint density at radius 3 is 2.78 bits per heavy atom. The molecule has 1 amide bonds. The van der Waals surface area contributed by atoms with E-state index in [9.17, 15) is 19.3 Å². The molecule has 32 heavy (non-hydrogen) atoms. The minimum atomic E-state index is -0.584. The summed E-state index contributed by atoms with van der Waals surface area (Å²) < 4.78 is 20.8. The molecule has 0 saturated heterocycles. The third-order valence-corrected chi connectivity index (χ3v) is 6.78. The first-order valence-corrected chi connectivity index (χ1v) is 11.2. The zero-order valence-corrected chi connectivity index (χ0v) is 18.3. The maximum absolute atomic E-state index is 13.8. The van der Waals surface area contributed by atoms with Crippen molar-refractivity contribution in [1.29, 1.82) is 0 Å². The second-order valence-electron chi connectivity index (χ2n) is 6.64. The highest BCUT2D eigenvalue weighted by Gasteiger charge is 2.14. The average Bonchev–Trinajstić information content (AvgIpc) is 3.19. The van der Waals surface area contributed by atoms with Crippen LogP contribution >= 0.6 is 23.1 Å². The van der Waals surface area contributed by atoms with E-state index in [4.69, 9.17) is 4.74 Å². The van der Waals surface area contributed by atoms with Crippen molar-refractivity contribution in [2.45, 2.75) is 10.1 Å². The monoisotopic (exact) mass is 469 g/mol. The van der Waals surface area contributed by atoms with Crippen LogP contribution in [0, 0.1) is 15.9 Å². The smallest absolute Gasteiger partial charge is 0.270 e. The van der Waals surface area contributed by atoms with E-state index >= 15 is 0 Å². The number of nitrogens with one attached hydrogen (secondary N) is 1. The molecule has 7 nitrogen and oxygen atoms in total. The van der Waals surface area contributed by atoms with Crippen molar-refractivity contribution in [3.05, 3.63) is 87.7 Å². The lowest BCUT2D eigenvalue weighted by Crippen LogP contribution is -2.13. The quantitative estimate of drug-likeness (QED) is 0.206. The molecular formula is C22H16FN3O4S2. The zero-order valence-electron chi connectivity index (χ0n) is 16.7. The Balaban J connectivity index is 1.50. The molecule has 0 atom stereocenters. The number of hydrogen-bond donors (Lipinski definition) is 1. The molecular weight excluding hydrogens is 453 g/mol. The summed E-state index contributed by atoms with van der Waals surface area (Å²) in [4.78, 5) is 27.5. The van der Waals surface area contributed by atoms with Gasteiger partial charge in [0.1, 0.15) is 11.6 Å². The fourth-order valence-electron chi connectivity index (χ4n) is 3.02. The Kier molecular flexibility index (Phi) is 6.33. The number of thiazole rings is 1. The summed E-state index contributed by atoms with van der Waals surface area (Å²) in [6, 6.07) is 15.5. The number of ether oxygens (including phenoxy) is 1. The lowest BCUT2D eigenvalue weighted by Gasteiger charge is -2.06. The number of amides is 1. The molecule has 0 aliphatic rings. The van der Waals surface area contributed by atoms with Crippen LogP contribution in [0.15, 0.2) is 65.0 Å². The van der Waals surface area contributed by atoms with Gasteiger partial charge in [-0.2, -0.15) is 0 Å². The van der Waals surface area contributed by atoms with Gasteiger partial charge in [0.15, 0.2) is 4.34 Å². The number of thioether (sulfide) groups is 1. The Morgan fingerprint density at radius 1 is 1.22 bits per heavy atom. The molecule has 0 saturated carbocycles. The molecule has 0 fully saturated rings. The summed E-state index contributed by atoms with van der Waals surface area (Å²) in [7, 11) is 1.52. The van der Waals surface area contributed by atoms with Crippen molar-refractivity contribution in [1.82, 2.24) is 4.98 Å². The van der Waals surface area contributed by atoms with Crippen molar-refractivity contribution in [3.8, 4) is 5.75 Å². The minimum absolute atomic E-state index is 0.000867. The third kappa shape index (κ3) is 4.71. The number of rotatable bonds is 7. The maximum Gasteiger partial charge on any atom is 0.270 e. The van der Waals surface area contributed by atoms with Crippen molar-refractivity contribution >= 4 is 50.6 Å². The molecule has 10 heteroatoms. The van der Waals surface area contributed by atoms with Gasteiger partial charge in [-0.15, -0.1) is 11.3 Å². The van der Waals surface area contributed by atoms with E-state index in [-0.39, 0.29) is 11.3 Å². The van der Waals surface area contributed by atoms with Gasteiger partial charge in [0.05, 0.1) is 27.8 Å². The molecule has 3 aromatic carbocycles. The lowest BCUT2D eigenvalue weighted by atomic mass is 10.2. The number of halogens is 1. The average molecular weight is 470 g/mol. The van der Waals surface area contributed by atoms with E-state index in [0.717, 1.165) is 14.6 Å². The first-order chi connectivity index (χ1) is 15.4. The van der Waals surface area contributed by atoms with Gasteiger partial charge in [0.2, 0.25) is 0 Å². The Labute approximate surface area is 190 Å². The van der Waals surface area contributed by atoms with Crippen molar-refractivity contribution in [2.75, 3.05) is 12.4 Å². The van der Waals surface area contributed by atoms with Crippen LogP contribution in [-0.4, -0.2) is 22.9 Å². The SMILES string of the molecule is COc1ccc([N+](=O)[O-])cc1CSc1nc2ccc(NC(=O)c3ccccc3F)cc2s1. The third-order valence-electron chi connectivity index (χ3n) is 4.57. The fraction of sp³-hybridized carbons (Fsp3) is 0.0909. The van der Waals surface area contributed by atoms with Crippen LogP contribution in [0.1, 0.15) is 15.9 Å². The molecule has 0 aliphatic heterocycles. The van der Waals surface area contributed by atoms with Crippen LogP contribution in [0.2, 0.25) is 0 Å². The van der Waals surface area contributed by atoms with Crippen LogP contribution in [0.5, 0.6) is 5.75 Å². The second kappa shape index (κ2) is 9.33. The number of nitro benzene ring substituents is 1. The Bertz CT molecular complexity index is 1330. The number of hydrogen-bond acceptors (Lipinski definition) is 7. The van der Waals surface area contributed by atoms with Gasteiger partial charge < -0.3 is 10.1 Å². The van der Waals surface area contributed by atoms with E-state index < -0.39 is 16.6 Å². The highest BCUT2D eigenvalue weighted by atomic mass is 32.2. The largest absolute Gasteiger partial charge is 0.496 e. The number of carbonyl (C=O) groups is 1. The molecule has 1 N–H and O–H groups in total. The zero-order chi connectivity index (χ0) is 22.7. The number of carbonyl (C=O) groups excluding carboxylic acids is 1. The first-order valence-electron chi connectivity index (χ1n) is 9.35. The molecule has 0 unspecified atom stereocenters. The second-order valence-corrected chi connectivity index (χ2v) is 8.89. The molecule has 162 valence electrons. The highest BCUT2D eigenvalue weighted by molar-refractivity contribution is 8.00. The van der Waals surface area contributed by atoms with E-state index in [2.05, 4.69) is 10.3 Å². The number of fused-ring (bicyclic) bond motifs is 1. The first kappa shape index (κ1) is 21.7. The number of nitro groups is 1. The van der Waals surface area contributed by atoms with E-state index in [1.54, 1.807) is 30.3 Å². The van der Waals surface area contributed by atoms with Gasteiger partial charge in [-0.3, -0.25) is 14.9 Å². The molecule has 4 aromatic rings. The Hall–Kier alpha value is -3.50. The molecule has 0 radical (unpaired) electrons. The molecule has 0 spiro atoms. The van der Waals surface area contributed by atoms with E-state index in [1.165, 1.54) is 60.5 Å². The number of benzene rings is 3. The summed E-state index contributed by atoms with van der Waals surface area (Å²) in [6.07, 6.45) is 0. The minimum Gasteiger partial charge on any atom is -0.496 e. The van der Waals surface area contributed by atoms with Crippen LogP contribution < -0.4 is 10.1 Å². The standard InChI is InChI=1S/C22H16FN3O4S2/c1-30-19-9-7-15(26(28)29)10-13(19)12-31-22-25-18-8-6-14(11-20(18)32-22)24-21(27)16-4-2-3-5-17(16)23/h2-11H,12H2,1H3,(H,24,27). The lowest BCUT2D eigenvalue weighted by molar-refractivity contribution is -0.384. The van der Waals surface area contributed by atoms with Gasteiger partial charge >= 0.3 is 0 Å². The normalized spacial score (nSPS) is 10.8. The highest BCUT2D eigenvalue weighted by Crippen LogP contribution is 2.35. The van der Waals surface area contributed by atoms with Crippen LogP contribution in [0.3, 0.4) is 0 Å². The summed E-state index contributed by atoms with van der Waals surface area (Å²) in [5.41, 5.74) is 1.96. The summed E-state index contributed by atoms with van der Waals surface area (Å²) in [6.45, 7) is 0. The van der Waals surface area contributed by atoms with Crippen LogP contribution in [0.4, 0.5) is 15.8 Å². The summed E-state index contributed by atoms with van der Waals surface area (Å²) in [5, 5.41) is 13.8. The van der Waals surface area contributed by atoms with Crippen LogP contribution in [0.25, 0.3) is 10.2 Å². The van der Waals surface area contributed by atoms with Crippen molar-refractivity contribution in [3.63, 3.8) is 0 Å². The summed E-state index contributed by atoms with van der Waals surface area (Å²) in [5.74, 6) is -0.0949. The van der Waals surface area contributed by atoms with Gasteiger partial charge in [-0.05, 0) is 36.4 Å². The predicted molar refractivity (Wildman–Crippen MR) is 123 cm³/mol. The van der Waals surface area contributed by atoms with E-state index in [1.807, 2.05) is 0 Å². The molecule has 0 bridgehead atoms. The van der Waals surface area contributed by atoms with Crippen LogP contribution in [-0.2, 0) is 5.75 Å². The summed E-state index contributed by atoms with van der Waals surface area (Å²) >= 11 is 2.87. The van der Waals surface area contributed by atoms with Gasteiger partial charge in [-0.1, -0.05) is 23.9 Å². The van der Waals surface area contributed by atoms with Crippen molar-refractivity contribution in [2.24, 2.45) is 0 Å². The van der Waals surface area contributed by atoms with Crippen molar-refractivity contribution < 1.29 is 18.8 Å². The number of methoxy groups -OCH3 is 1. The molecule has 1 aromatic heterocycles. The van der Waals surface area contributed by atoms with Gasteiger partial charge in [0.25, 0.3) is 11.6 Å². The molecule has 4 rings (SSSR count). The number of aromatic nitrogens is 1. The topological polar surface area (TPSA) is 94.4 Å². The Morgan fingerprint density at radius 2 is 2.03 bits per heavy atom. The molecule has 0 aliphatic carbocycles. The number of nitrogens with zero attached hydrogens (tertiary/aromatic N) is 2. The number of non-ortho nitro benzene ring substituents is 1. The van der Waals surface area contributed by atoms with E-state index in [0.29, 0.717) is 22.8 Å².